The Labute approximate surface area is 211 Å². The smallest absolute Gasteiger partial charge is 0.302 e. The molecule has 32 heavy (non-hydrogen) atoms. The molecule has 0 amide bonds. The third-order valence-corrected chi connectivity index (χ3v) is 11.9. The Kier molecular flexibility index (Phi) is 7.75. The quantitative estimate of drug-likeness (QED) is 0.137. The van der Waals surface area contributed by atoms with Gasteiger partial charge in [-0.1, -0.05) is 81.2 Å². The molecule has 0 spiro atoms. The number of hydrogen-bond donors (Lipinski definition) is 0. The minimum absolute atomic E-state index is 0.112. The molecule has 0 aliphatic heterocycles. The van der Waals surface area contributed by atoms with Gasteiger partial charge in [0.1, 0.15) is 6.10 Å². The third kappa shape index (κ3) is 4.47. The molecule has 8 atom stereocenters. The van der Waals surface area contributed by atoms with Crippen LogP contribution in [-0.4, -0.2) is 16.5 Å². The van der Waals surface area contributed by atoms with Crippen LogP contribution in [0.15, 0.2) is 11.6 Å². The van der Waals surface area contributed by atoms with Crippen LogP contribution >= 0.6 is 22.6 Å². The van der Waals surface area contributed by atoms with E-state index < -0.39 is 0 Å². The molecule has 3 heteroatoms. The lowest BCUT2D eigenvalue weighted by Crippen LogP contribution is -2.52. The van der Waals surface area contributed by atoms with Crippen LogP contribution in [0.4, 0.5) is 0 Å². The standard InChI is InChI=1S/C29H47IO2/c1-19(2)7-6-8-20(3)25-11-12-26-24-10-9-22-17-23(32-21(4)31)13-16-29(22,18-30)27(24)14-15-28(25,26)5/h9,19-20,23-27H,6-8,10-18H2,1-5H3/t20-,23+,24+,25-,26+,27+,28-,29-/m1/s1. The first-order chi connectivity index (χ1) is 15.2. The van der Waals surface area contributed by atoms with Gasteiger partial charge in [0.2, 0.25) is 0 Å². The van der Waals surface area contributed by atoms with Gasteiger partial charge in [-0.2, -0.15) is 0 Å². The lowest BCUT2D eigenvalue weighted by molar-refractivity contribution is -0.148. The molecule has 0 radical (unpaired) electrons. The van der Waals surface area contributed by atoms with E-state index in [0.717, 1.165) is 48.3 Å². The van der Waals surface area contributed by atoms with Gasteiger partial charge in [-0.3, -0.25) is 4.79 Å². The van der Waals surface area contributed by atoms with Crippen molar-refractivity contribution in [1.82, 2.24) is 0 Å². The average molecular weight is 555 g/mol. The molecule has 0 bridgehead atoms. The second-order valence-corrected chi connectivity index (χ2v) is 13.4. The number of carbonyl (C=O) groups excluding carboxylic acids is 1. The fourth-order valence-corrected chi connectivity index (χ4v) is 10.5. The van der Waals surface area contributed by atoms with E-state index in [1.54, 1.807) is 12.5 Å². The highest BCUT2D eigenvalue weighted by molar-refractivity contribution is 14.1. The average Bonchev–Trinajstić information content (AvgIpc) is 3.10. The van der Waals surface area contributed by atoms with E-state index >= 15 is 0 Å². The Hall–Kier alpha value is -0.0600. The van der Waals surface area contributed by atoms with E-state index in [4.69, 9.17) is 4.74 Å². The maximum Gasteiger partial charge on any atom is 0.302 e. The minimum Gasteiger partial charge on any atom is -0.462 e. The number of hydrogen-bond acceptors (Lipinski definition) is 2. The summed E-state index contributed by atoms with van der Waals surface area (Å²) in [5, 5.41) is 0. The number of esters is 1. The van der Waals surface area contributed by atoms with E-state index in [0.29, 0.717) is 10.8 Å². The maximum absolute atomic E-state index is 11.6. The van der Waals surface area contributed by atoms with Crippen molar-refractivity contribution in [3.8, 4) is 0 Å². The monoisotopic (exact) mass is 554 g/mol. The van der Waals surface area contributed by atoms with E-state index in [-0.39, 0.29) is 12.1 Å². The second-order valence-electron chi connectivity index (χ2n) is 12.6. The Morgan fingerprint density at radius 1 is 1.12 bits per heavy atom. The van der Waals surface area contributed by atoms with E-state index in [2.05, 4.69) is 56.4 Å². The Bertz CT molecular complexity index is 714. The molecule has 4 aliphatic rings. The molecule has 3 fully saturated rings. The van der Waals surface area contributed by atoms with Crippen LogP contribution in [0.1, 0.15) is 105 Å². The van der Waals surface area contributed by atoms with Crippen LogP contribution in [-0.2, 0) is 9.53 Å². The molecule has 182 valence electrons. The number of halogens is 1. The molecule has 0 aromatic carbocycles. The number of rotatable bonds is 7. The first-order valence-electron chi connectivity index (χ1n) is 13.6. The zero-order chi connectivity index (χ0) is 23.1. The van der Waals surface area contributed by atoms with Gasteiger partial charge in [0.05, 0.1) is 0 Å². The van der Waals surface area contributed by atoms with Crippen LogP contribution in [0.3, 0.4) is 0 Å². The summed E-state index contributed by atoms with van der Waals surface area (Å²) in [5.74, 6) is 5.19. The summed E-state index contributed by atoms with van der Waals surface area (Å²) in [6, 6.07) is 0. The summed E-state index contributed by atoms with van der Waals surface area (Å²) < 4.78 is 6.90. The van der Waals surface area contributed by atoms with Crippen molar-refractivity contribution >= 4 is 28.6 Å². The summed E-state index contributed by atoms with van der Waals surface area (Å²) in [7, 11) is 0. The molecule has 0 heterocycles. The fourth-order valence-electron chi connectivity index (χ4n) is 9.03. The highest BCUT2D eigenvalue weighted by atomic mass is 127. The number of allylic oxidation sites excluding steroid dienone is 1. The van der Waals surface area contributed by atoms with Crippen LogP contribution in [0.2, 0.25) is 0 Å². The second kappa shape index (κ2) is 9.90. The predicted octanol–water partition coefficient (Wildman–Crippen LogP) is 8.37. The molecule has 0 aromatic heterocycles. The van der Waals surface area contributed by atoms with Gasteiger partial charge in [-0.05, 0) is 85.9 Å². The zero-order valence-electron chi connectivity index (χ0n) is 21.3. The van der Waals surface area contributed by atoms with Gasteiger partial charge < -0.3 is 4.74 Å². The molecule has 2 nitrogen and oxygen atoms in total. The Morgan fingerprint density at radius 3 is 2.59 bits per heavy atom. The van der Waals surface area contributed by atoms with Gasteiger partial charge >= 0.3 is 5.97 Å². The molecule has 0 unspecified atom stereocenters. The summed E-state index contributed by atoms with van der Waals surface area (Å²) in [6.07, 6.45) is 17.3. The van der Waals surface area contributed by atoms with Crippen molar-refractivity contribution < 1.29 is 9.53 Å². The normalized spacial score (nSPS) is 42.0. The first-order valence-corrected chi connectivity index (χ1v) is 15.2. The summed E-state index contributed by atoms with van der Waals surface area (Å²) in [6.45, 7) is 11.6. The third-order valence-electron chi connectivity index (χ3n) is 10.6. The number of carbonyl (C=O) groups is 1. The van der Waals surface area contributed by atoms with Crippen LogP contribution in [0.25, 0.3) is 0 Å². The summed E-state index contributed by atoms with van der Waals surface area (Å²) in [5.41, 5.74) is 2.58. The lowest BCUT2D eigenvalue weighted by Gasteiger charge is -2.59. The summed E-state index contributed by atoms with van der Waals surface area (Å²) >= 11 is 2.68. The van der Waals surface area contributed by atoms with Crippen LogP contribution in [0, 0.1) is 46.3 Å². The Balaban J connectivity index is 1.50. The van der Waals surface area contributed by atoms with Crippen molar-refractivity contribution in [3.63, 3.8) is 0 Å². The maximum atomic E-state index is 11.6. The molecule has 0 N–H and O–H groups in total. The topological polar surface area (TPSA) is 26.3 Å². The van der Waals surface area contributed by atoms with Crippen molar-refractivity contribution in [1.29, 1.82) is 0 Å². The van der Waals surface area contributed by atoms with Crippen LogP contribution < -0.4 is 0 Å². The fraction of sp³-hybridized carbons (Fsp3) is 0.897. The molecule has 4 aliphatic carbocycles. The molecule has 4 rings (SSSR count). The van der Waals surface area contributed by atoms with E-state index in [1.807, 2.05) is 0 Å². The number of fused-ring (bicyclic) bond motifs is 5. The van der Waals surface area contributed by atoms with Crippen molar-refractivity contribution in [2.75, 3.05) is 4.43 Å². The van der Waals surface area contributed by atoms with Gasteiger partial charge in [-0.25, -0.2) is 0 Å². The predicted molar refractivity (Wildman–Crippen MR) is 142 cm³/mol. The molecule has 3 saturated carbocycles. The summed E-state index contributed by atoms with van der Waals surface area (Å²) in [4.78, 5) is 11.6. The Morgan fingerprint density at radius 2 is 1.91 bits per heavy atom. The molecular formula is C29H47IO2. The van der Waals surface area contributed by atoms with E-state index in [1.165, 1.54) is 62.2 Å². The number of ether oxygens (including phenoxy) is 1. The molecule has 0 saturated heterocycles. The van der Waals surface area contributed by atoms with Crippen molar-refractivity contribution in [2.24, 2.45) is 46.3 Å². The highest BCUT2D eigenvalue weighted by Crippen LogP contribution is 2.67. The first kappa shape index (κ1) is 25.0. The van der Waals surface area contributed by atoms with E-state index in [9.17, 15) is 4.79 Å². The minimum atomic E-state index is -0.112. The lowest BCUT2D eigenvalue weighted by atomic mass is 9.47. The number of alkyl halides is 1. The van der Waals surface area contributed by atoms with Crippen molar-refractivity contribution in [3.05, 3.63) is 11.6 Å². The molecule has 0 aromatic rings. The largest absolute Gasteiger partial charge is 0.462 e. The molecular weight excluding hydrogens is 507 g/mol. The van der Waals surface area contributed by atoms with Crippen molar-refractivity contribution in [2.45, 2.75) is 111 Å². The van der Waals surface area contributed by atoms with Gasteiger partial charge in [0.25, 0.3) is 0 Å². The highest BCUT2D eigenvalue weighted by Gasteiger charge is 2.60. The van der Waals surface area contributed by atoms with Gasteiger partial charge in [-0.15, -0.1) is 0 Å². The SMILES string of the molecule is CC(=O)O[C@H]1CC[C@@]2(CI)C(=CC[C@@H]3[C@@H]2CC[C@]2(C)[C@@H]([C@H](C)CCCC(C)C)CC[C@@H]32)C1. The van der Waals surface area contributed by atoms with Gasteiger partial charge in [0, 0.05) is 23.2 Å². The van der Waals surface area contributed by atoms with Crippen LogP contribution in [0.5, 0.6) is 0 Å². The van der Waals surface area contributed by atoms with Gasteiger partial charge in [0.15, 0.2) is 0 Å². The zero-order valence-corrected chi connectivity index (χ0v) is 23.5.